The standard InChI is InChI=1S/C23H24F2N4O3S/c1-16-4-6-19(14-17(16)2)29-23(30)9-8-22(26-29)27-10-3-11-28(13-12-27)33(31,32)21-15-18(24)5-7-20(21)25/h4-9,14-15H,3,10-13H2,1-2H3. The van der Waals surface area contributed by atoms with Gasteiger partial charge in [0.1, 0.15) is 22.3 Å². The van der Waals surface area contributed by atoms with Crippen LogP contribution in [0, 0.1) is 25.5 Å². The first-order chi connectivity index (χ1) is 15.7. The number of benzene rings is 2. The highest BCUT2D eigenvalue weighted by Gasteiger charge is 2.30. The second-order valence-electron chi connectivity index (χ2n) is 8.03. The van der Waals surface area contributed by atoms with E-state index in [0.29, 0.717) is 30.5 Å². The summed E-state index contributed by atoms with van der Waals surface area (Å²) >= 11 is 0. The summed E-state index contributed by atoms with van der Waals surface area (Å²) in [7, 11) is -4.19. The van der Waals surface area contributed by atoms with Crippen molar-refractivity contribution < 1.29 is 17.2 Å². The van der Waals surface area contributed by atoms with Crippen LogP contribution in [0.3, 0.4) is 0 Å². The van der Waals surface area contributed by atoms with Gasteiger partial charge in [0.15, 0.2) is 0 Å². The lowest BCUT2D eigenvalue weighted by molar-refractivity contribution is 0.427. The highest BCUT2D eigenvalue weighted by molar-refractivity contribution is 7.89. The Morgan fingerprint density at radius 3 is 2.42 bits per heavy atom. The Hall–Kier alpha value is -3.11. The number of rotatable bonds is 4. The van der Waals surface area contributed by atoms with E-state index in [1.807, 2.05) is 36.9 Å². The molecule has 1 fully saturated rings. The zero-order chi connectivity index (χ0) is 23.8. The summed E-state index contributed by atoms with van der Waals surface area (Å²) in [6.07, 6.45) is 0.459. The largest absolute Gasteiger partial charge is 0.354 e. The Balaban J connectivity index is 1.59. The molecule has 2 heterocycles. The zero-order valence-corrected chi connectivity index (χ0v) is 19.1. The molecule has 7 nitrogen and oxygen atoms in total. The smallest absolute Gasteiger partial charge is 0.271 e. The number of nitrogens with zero attached hydrogens (tertiary/aromatic N) is 4. The number of sulfonamides is 1. The predicted molar refractivity (Wildman–Crippen MR) is 121 cm³/mol. The SMILES string of the molecule is Cc1ccc(-n2nc(N3CCCN(S(=O)(=O)c4cc(F)ccc4F)CC3)ccc2=O)cc1C. The van der Waals surface area contributed by atoms with Gasteiger partial charge < -0.3 is 4.90 Å². The minimum atomic E-state index is -4.19. The molecule has 0 bridgehead atoms. The molecule has 0 saturated carbocycles. The molecule has 1 saturated heterocycles. The first-order valence-corrected chi connectivity index (χ1v) is 12.0. The molecule has 1 aliphatic rings. The molecule has 0 amide bonds. The molecular weight excluding hydrogens is 450 g/mol. The molecule has 1 aromatic heterocycles. The molecule has 3 aromatic rings. The molecule has 0 unspecified atom stereocenters. The maximum absolute atomic E-state index is 14.1. The first kappa shape index (κ1) is 23.1. The Bertz CT molecular complexity index is 1360. The number of hydrogen-bond acceptors (Lipinski definition) is 5. The number of aryl methyl sites for hydroxylation is 2. The molecular formula is C23H24F2N4O3S. The first-order valence-electron chi connectivity index (χ1n) is 10.5. The normalized spacial score (nSPS) is 15.5. The summed E-state index contributed by atoms with van der Waals surface area (Å²) in [6.45, 7) is 4.95. The highest BCUT2D eigenvalue weighted by Crippen LogP contribution is 2.23. The van der Waals surface area contributed by atoms with E-state index >= 15 is 0 Å². The van der Waals surface area contributed by atoms with Gasteiger partial charge in [-0.3, -0.25) is 4.79 Å². The lowest BCUT2D eigenvalue weighted by atomic mass is 10.1. The van der Waals surface area contributed by atoms with Crippen molar-refractivity contribution in [3.63, 3.8) is 0 Å². The average molecular weight is 475 g/mol. The van der Waals surface area contributed by atoms with Gasteiger partial charge in [0.05, 0.1) is 5.69 Å². The maximum Gasteiger partial charge on any atom is 0.271 e. The van der Waals surface area contributed by atoms with E-state index < -0.39 is 26.6 Å². The molecule has 0 spiro atoms. The van der Waals surface area contributed by atoms with Gasteiger partial charge in [0, 0.05) is 32.2 Å². The van der Waals surface area contributed by atoms with Crippen LogP contribution in [0.2, 0.25) is 0 Å². The van der Waals surface area contributed by atoms with Crippen LogP contribution in [0.5, 0.6) is 0 Å². The summed E-state index contributed by atoms with van der Waals surface area (Å²) < 4.78 is 56.1. The average Bonchev–Trinajstić information content (AvgIpc) is 3.05. The monoisotopic (exact) mass is 474 g/mol. The third-order valence-corrected chi connectivity index (χ3v) is 7.72. The number of hydrogen-bond donors (Lipinski definition) is 0. The second kappa shape index (κ2) is 9.03. The molecule has 0 N–H and O–H groups in total. The van der Waals surface area contributed by atoms with Crippen LogP contribution in [0.1, 0.15) is 17.5 Å². The molecule has 1 aliphatic heterocycles. The van der Waals surface area contributed by atoms with Gasteiger partial charge >= 0.3 is 0 Å². The molecule has 4 rings (SSSR count). The summed E-state index contributed by atoms with van der Waals surface area (Å²) in [5.41, 5.74) is 2.51. The lowest BCUT2D eigenvalue weighted by Crippen LogP contribution is -2.36. The van der Waals surface area contributed by atoms with Crippen LogP contribution in [0.25, 0.3) is 5.69 Å². The van der Waals surface area contributed by atoms with Crippen LogP contribution in [0.15, 0.2) is 58.2 Å². The molecule has 174 valence electrons. The molecule has 0 aliphatic carbocycles. The van der Waals surface area contributed by atoms with Crippen LogP contribution in [-0.4, -0.2) is 48.7 Å². The Morgan fingerprint density at radius 2 is 1.67 bits per heavy atom. The number of anilines is 1. The van der Waals surface area contributed by atoms with Crippen molar-refractivity contribution in [1.82, 2.24) is 14.1 Å². The van der Waals surface area contributed by atoms with Gasteiger partial charge in [-0.25, -0.2) is 17.2 Å². The van der Waals surface area contributed by atoms with E-state index in [1.165, 1.54) is 10.7 Å². The topological polar surface area (TPSA) is 75.5 Å². The fraction of sp³-hybridized carbons (Fsp3) is 0.304. The van der Waals surface area contributed by atoms with Crippen molar-refractivity contribution in [2.45, 2.75) is 25.2 Å². The molecule has 0 radical (unpaired) electrons. The lowest BCUT2D eigenvalue weighted by Gasteiger charge is -2.23. The van der Waals surface area contributed by atoms with E-state index in [-0.39, 0.29) is 25.2 Å². The number of halogens is 2. The summed E-state index contributed by atoms with van der Waals surface area (Å²) in [5.74, 6) is -1.27. The summed E-state index contributed by atoms with van der Waals surface area (Å²) in [5, 5.41) is 4.50. The zero-order valence-electron chi connectivity index (χ0n) is 18.3. The fourth-order valence-corrected chi connectivity index (χ4v) is 5.34. The van der Waals surface area contributed by atoms with Crippen LogP contribution in [-0.2, 0) is 10.0 Å². The van der Waals surface area contributed by atoms with Gasteiger partial charge in [-0.2, -0.15) is 8.99 Å². The number of aromatic nitrogens is 2. The quantitative estimate of drug-likeness (QED) is 0.581. The van der Waals surface area contributed by atoms with E-state index in [9.17, 15) is 22.0 Å². The summed E-state index contributed by atoms with van der Waals surface area (Å²) in [6, 6.07) is 11.1. The van der Waals surface area contributed by atoms with Crippen molar-refractivity contribution in [3.8, 4) is 5.69 Å². The molecule has 2 aromatic carbocycles. The molecule has 10 heteroatoms. The van der Waals surface area contributed by atoms with Gasteiger partial charge in [0.25, 0.3) is 5.56 Å². The van der Waals surface area contributed by atoms with Crippen LogP contribution < -0.4 is 10.5 Å². The second-order valence-corrected chi connectivity index (χ2v) is 9.94. The third kappa shape index (κ3) is 4.67. The van der Waals surface area contributed by atoms with Crippen LogP contribution >= 0.6 is 0 Å². The Morgan fingerprint density at radius 1 is 0.879 bits per heavy atom. The van der Waals surface area contributed by atoms with E-state index in [2.05, 4.69) is 5.10 Å². The molecule has 33 heavy (non-hydrogen) atoms. The van der Waals surface area contributed by atoms with Gasteiger partial charge in [-0.05, 0) is 67.8 Å². The predicted octanol–water partition coefficient (Wildman–Crippen LogP) is 3.03. The van der Waals surface area contributed by atoms with Gasteiger partial charge in [-0.15, -0.1) is 5.10 Å². The van der Waals surface area contributed by atoms with E-state index in [4.69, 9.17) is 0 Å². The van der Waals surface area contributed by atoms with Crippen molar-refractivity contribution in [3.05, 3.63) is 81.6 Å². The third-order valence-electron chi connectivity index (χ3n) is 5.81. The maximum atomic E-state index is 14.1. The van der Waals surface area contributed by atoms with Crippen molar-refractivity contribution in [1.29, 1.82) is 0 Å². The minimum Gasteiger partial charge on any atom is -0.354 e. The molecule has 0 atom stereocenters. The van der Waals surface area contributed by atoms with Gasteiger partial charge in [-0.1, -0.05) is 6.07 Å². The Kier molecular flexibility index (Phi) is 6.31. The van der Waals surface area contributed by atoms with E-state index in [1.54, 1.807) is 6.07 Å². The van der Waals surface area contributed by atoms with Crippen molar-refractivity contribution in [2.75, 3.05) is 31.1 Å². The van der Waals surface area contributed by atoms with Gasteiger partial charge in [0.2, 0.25) is 10.0 Å². The Labute approximate surface area is 190 Å². The van der Waals surface area contributed by atoms with Crippen molar-refractivity contribution >= 4 is 15.8 Å². The minimum absolute atomic E-state index is 0.0722. The summed E-state index contributed by atoms with van der Waals surface area (Å²) in [4.78, 5) is 13.7. The van der Waals surface area contributed by atoms with Crippen molar-refractivity contribution in [2.24, 2.45) is 0 Å². The van der Waals surface area contributed by atoms with E-state index in [0.717, 1.165) is 27.6 Å². The highest BCUT2D eigenvalue weighted by atomic mass is 32.2. The fourth-order valence-electron chi connectivity index (χ4n) is 3.79. The van der Waals surface area contributed by atoms with Crippen LogP contribution in [0.4, 0.5) is 14.6 Å².